The predicted octanol–water partition coefficient (Wildman–Crippen LogP) is 6.18. The van der Waals surface area contributed by atoms with E-state index in [1.165, 1.54) is 16.7 Å². The molecule has 0 saturated heterocycles. The highest BCUT2D eigenvalue weighted by molar-refractivity contribution is 6.76. The lowest BCUT2D eigenvalue weighted by atomic mass is 10.1. The minimum atomic E-state index is -4.37. The Kier molecular flexibility index (Phi) is 9.08. The first-order chi connectivity index (χ1) is 20.8. The number of ether oxygens (including phenoxy) is 1. The number of aromatic nitrogens is 6. The molecule has 3 aromatic heterocycles. The van der Waals surface area contributed by atoms with Crippen LogP contribution in [0.2, 0.25) is 25.7 Å². The Hall–Kier alpha value is -3.45. The van der Waals surface area contributed by atoms with Gasteiger partial charge in [-0.25, -0.2) is 9.78 Å². The highest BCUT2D eigenvalue weighted by atomic mass is 28.3. The monoisotopic (exact) mass is 630 g/mol. The van der Waals surface area contributed by atoms with Gasteiger partial charge in [-0.3, -0.25) is 23.2 Å². The molecule has 0 amide bonds. The van der Waals surface area contributed by atoms with Gasteiger partial charge in [0.15, 0.2) is 11.2 Å². The summed E-state index contributed by atoms with van der Waals surface area (Å²) in [6.45, 7) is 12.6. The Balaban J connectivity index is 1.47. The summed E-state index contributed by atoms with van der Waals surface area (Å²) in [5, 5.41) is 4.54. The number of hydrogen-bond acceptors (Lipinski definition) is 5. The third-order valence-corrected chi connectivity index (χ3v) is 9.81. The van der Waals surface area contributed by atoms with E-state index in [1.54, 1.807) is 26.1 Å². The predicted molar refractivity (Wildman–Crippen MR) is 166 cm³/mol. The molecule has 1 aliphatic carbocycles. The maximum absolute atomic E-state index is 13.7. The second-order valence-corrected chi connectivity index (χ2v) is 18.6. The molecule has 0 N–H and O–H groups in total. The van der Waals surface area contributed by atoms with Gasteiger partial charge in [0.25, 0.3) is 5.56 Å². The second-order valence-electron chi connectivity index (χ2n) is 13.0. The summed E-state index contributed by atoms with van der Waals surface area (Å²) in [7, 11) is -1.35. The number of rotatable bonds is 13. The molecule has 2 atom stereocenters. The minimum Gasteiger partial charge on any atom is -0.361 e. The van der Waals surface area contributed by atoms with E-state index in [4.69, 9.17) is 9.72 Å². The van der Waals surface area contributed by atoms with Crippen molar-refractivity contribution in [2.24, 2.45) is 5.92 Å². The topological polar surface area (TPSA) is 88.9 Å². The average Bonchev–Trinajstić information content (AvgIpc) is 3.38. The van der Waals surface area contributed by atoms with E-state index in [0.29, 0.717) is 67.2 Å². The number of fused-ring (bicyclic) bond motifs is 1. The molecule has 0 bridgehead atoms. The van der Waals surface area contributed by atoms with Crippen molar-refractivity contribution in [3.63, 3.8) is 0 Å². The van der Waals surface area contributed by atoms with Crippen LogP contribution in [-0.2, 0) is 37.3 Å². The maximum atomic E-state index is 13.7. The highest BCUT2D eigenvalue weighted by Crippen LogP contribution is 2.49. The number of nitrogens with zero attached hydrogens (tertiary/aromatic N) is 6. The summed E-state index contributed by atoms with van der Waals surface area (Å²) in [5.74, 6) is 0.681. The largest absolute Gasteiger partial charge is 0.416 e. The molecule has 44 heavy (non-hydrogen) atoms. The summed E-state index contributed by atoms with van der Waals surface area (Å²) in [4.78, 5) is 31.9. The molecule has 238 valence electrons. The quantitative estimate of drug-likeness (QED) is 0.130. The SMILES string of the molecule is CCCn1c(=O)c2c(nc(-c3cnn(CC4CC4c4cccc(C(F)(F)F)c4)c3)n2COCC[Si](C)(C)C)n(CCC)c1=O. The lowest BCUT2D eigenvalue weighted by Gasteiger charge is -2.16. The number of benzene rings is 1. The lowest BCUT2D eigenvalue weighted by molar-refractivity contribution is -0.137. The maximum Gasteiger partial charge on any atom is 0.416 e. The minimum absolute atomic E-state index is 0.0369. The van der Waals surface area contributed by atoms with Crippen molar-refractivity contribution in [2.75, 3.05) is 6.61 Å². The summed E-state index contributed by atoms with van der Waals surface area (Å²) in [5.41, 5.74) is 0.627. The zero-order valence-electron chi connectivity index (χ0n) is 26.0. The van der Waals surface area contributed by atoms with E-state index in [-0.39, 0.29) is 29.8 Å². The molecule has 0 aliphatic heterocycles. The van der Waals surface area contributed by atoms with Crippen molar-refractivity contribution in [3.05, 3.63) is 68.6 Å². The summed E-state index contributed by atoms with van der Waals surface area (Å²) in [6.07, 6.45) is 1.25. The third kappa shape index (κ3) is 6.78. The molecule has 1 fully saturated rings. The van der Waals surface area contributed by atoms with Crippen molar-refractivity contribution in [1.82, 2.24) is 28.5 Å². The van der Waals surface area contributed by atoms with Crippen LogP contribution in [0.25, 0.3) is 22.6 Å². The molecule has 4 aromatic rings. The Morgan fingerprint density at radius 1 is 1.05 bits per heavy atom. The van der Waals surface area contributed by atoms with E-state index in [0.717, 1.165) is 18.5 Å². The van der Waals surface area contributed by atoms with E-state index < -0.39 is 19.8 Å². The number of alkyl halides is 3. The highest BCUT2D eigenvalue weighted by Gasteiger charge is 2.40. The number of aryl methyl sites for hydroxylation is 1. The van der Waals surface area contributed by atoms with Crippen LogP contribution in [0, 0.1) is 5.92 Å². The van der Waals surface area contributed by atoms with Crippen LogP contribution in [0.15, 0.2) is 46.2 Å². The third-order valence-electron chi connectivity index (χ3n) is 8.10. The Labute approximate surface area is 255 Å². The van der Waals surface area contributed by atoms with Crippen molar-refractivity contribution >= 4 is 19.2 Å². The molecule has 3 heterocycles. The molecule has 1 aromatic carbocycles. The van der Waals surface area contributed by atoms with Gasteiger partial charge in [0.2, 0.25) is 0 Å². The molecule has 0 radical (unpaired) electrons. The van der Waals surface area contributed by atoms with E-state index in [1.807, 2.05) is 20.0 Å². The lowest BCUT2D eigenvalue weighted by Crippen LogP contribution is -2.40. The van der Waals surface area contributed by atoms with Crippen molar-refractivity contribution in [2.45, 2.75) is 97.3 Å². The van der Waals surface area contributed by atoms with Crippen LogP contribution in [0.4, 0.5) is 13.2 Å². The van der Waals surface area contributed by atoms with Gasteiger partial charge in [0.1, 0.15) is 12.6 Å². The van der Waals surface area contributed by atoms with Crippen molar-refractivity contribution in [3.8, 4) is 11.4 Å². The van der Waals surface area contributed by atoms with Crippen LogP contribution in [0.1, 0.15) is 50.2 Å². The summed E-state index contributed by atoms with van der Waals surface area (Å²) in [6, 6.07) is 6.51. The standard InChI is InChI=1S/C31H41F3N6O3Si/c1-6-11-38-28-26(29(41)39(12-7-2)30(38)42)40(20-43-13-14-44(3,4)5)27(36-28)23-17-35-37(19-23)18-22-16-25(22)21-9-8-10-24(15-21)31(32,33)34/h8-10,15,17,19,22,25H,6-7,11-14,16,18,20H2,1-5H3. The first kappa shape index (κ1) is 32.0. The Bertz CT molecular complexity index is 1750. The van der Waals surface area contributed by atoms with Gasteiger partial charge < -0.3 is 4.74 Å². The van der Waals surface area contributed by atoms with Gasteiger partial charge in [-0.15, -0.1) is 0 Å². The average molecular weight is 631 g/mol. The Morgan fingerprint density at radius 2 is 1.77 bits per heavy atom. The number of imidazole rings is 1. The smallest absolute Gasteiger partial charge is 0.361 e. The fourth-order valence-corrected chi connectivity index (χ4v) is 6.40. The van der Waals surface area contributed by atoms with Crippen molar-refractivity contribution < 1.29 is 17.9 Å². The Morgan fingerprint density at radius 3 is 2.45 bits per heavy atom. The fourth-order valence-electron chi connectivity index (χ4n) is 5.64. The number of halogens is 3. The first-order valence-corrected chi connectivity index (χ1v) is 19.0. The van der Waals surface area contributed by atoms with Gasteiger partial charge in [0, 0.05) is 40.5 Å². The van der Waals surface area contributed by atoms with Crippen LogP contribution >= 0.6 is 0 Å². The molecule has 1 saturated carbocycles. The normalized spacial score (nSPS) is 17.1. The molecule has 1 aliphatic rings. The van der Waals surface area contributed by atoms with E-state index in [9.17, 15) is 22.8 Å². The molecular formula is C31H41F3N6O3Si. The van der Waals surface area contributed by atoms with E-state index >= 15 is 0 Å². The van der Waals surface area contributed by atoms with Gasteiger partial charge in [0.05, 0.1) is 17.3 Å². The van der Waals surface area contributed by atoms with Crippen LogP contribution < -0.4 is 11.2 Å². The van der Waals surface area contributed by atoms with Gasteiger partial charge in [-0.05, 0) is 48.8 Å². The number of hydrogen-bond donors (Lipinski definition) is 0. The van der Waals surface area contributed by atoms with Gasteiger partial charge in [-0.2, -0.15) is 18.3 Å². The van der Waals surface area contributed by atoms with Crippen molar-refractivity contribution in [1.29, 1.82) is 0 Å². The second kappa shape index (κ2) is 12.5. The summed E-state index contributed by atoms with van der Waals surface area (Å²) < 4.78 is 52.2. The van der Waals surface area contributed by atoms with Gasteiger partial charge in [-0.1, -0.05) is 51.7 Å². The van der Waals surface area contributed by atoms with Gasteiger partial charge >= 0.3 is 11.9 Å². The zero-order valence-corrected chi connectivity index (χ0v) is 27.0. The van der Waals surface area contributed by atoms with Crippen LogP contribution in [-0.4, -0.2) is 43.1 Å². The zero-order chi connectivity index (χ0) is 31.8. The van der Waals surface area contributed by atoms with E-state index in [2.05, 4.69) is 24.7 Å². The summed E-state index contributed by atoms with van der Waals surface area (Å²) >= 11 is 0. The molecule has 2 unspecified atom stereocenters. The molecule has 9 nitrogen and oxygen atoms in total. The van der Waals surface area contributed by atoms with Crippen LogP contribution in [0.3, 0.4) is 0 Å². The van der Waals surface area contributed by atoms with Crippen LogP contribution in [0.5, 0.6) is 0 Å². The molecule has 13 heteroatoms. The molecular weight excluding hydrogens is 589 g/mol. The molecule has 0 spiro atoms. The molecule has 5 rings (SSSR count). The fraction of sp³-hybridized carbons (Fsp3) is 0.548. The first-order valence-electron chi connectivity index (χ1n) is 15.3.